The average Bonchev–Trinajstić information content (AvgIpc) is 2.81. The van der Waals surface area contributed by atoms with Gasteiger partial charge in [-0.05, 0) is 32.1 Å². The van der Waals surface area contributed by atoms with Crippen LogP contribution in [0.4, 0.5) is 0 Å². The molecule has 0 aromatic carbocycles. The molecule has 108 valence electrons. The molecule has 0 aliphatic rings. The van der Waals surface area contributed by atoms with E-state index in [-0.39, 0.29) is 5.91 Å². The van der Waals surface area contributed by atoms with Gasteiger partial charge in [0.25, 0.3) is 5.91 Å². The summed E-state index contributed by atoms with van der Waals surface area (Å²) in [6.07, 6.45) is 3.64. The quantitative estimate of drug-likeness (QED) is 0.902. The second-order valence-electron chi connectivity index (χ2n) is 5.58. The van der Waals surface area contributed by atoms with Crippen LogP contribution in [-0.4, -0.2) is 46.9 Å². The monoisotopic (exact) mass is 274 g/mol. The van der Waals surface area contributed by atoms with E-state index in [9.17, 15) is 4.79 Å². The normalized spacial score (nSPS) is 13.1. The van der Waals surface area contributed by atoms with E-state index in [1.807, 2.05) is 42.9 Å². The first kappa shape index (κ1) is 14.5. The van der Waals surface area contributed by atoms with Gasteiger partial charge in [-0.25, -0.2) is 4.98 Å². The Kier molecular flexibility index (Phi) is 4.39. The number of carbonyl (C=O) groups is 1. The molecule has 0 saturated heterocycles. The van der Waals surface area contributed by atoms with E-state index in [1.165, 1.54) is 0 Å². The molecular formula is C15H22N4O. The summed E-state index contributed by atoms with van der Waals surface area (Å²) in [6.45, 7) is 4.93. The molecule has 2 aromatic heterocycles. The number of likely N-dealkylation sites (N-methyl/N-ethyl adjacent to an activating group) is 1. The van der Waals surface area contributed by atoms with Crippen LogP contribution in [0.15, 0.2) is 30.6 Å². The zero-order valence-corrected chi connectivity index (χ0v) is 12.5. The Bertz CT molecular complexity index is 547. The summed E-state index contributed by atoms with van der Waals surface area (Å²) in [6, 6.07) is 6.02. The molecule has 0 fully saturated rings. The molecule has 0 radical (unpaired) electrons. The summed E-state index contributed by atoms with van der Waals surface area (Å²) >= 11 is 0. The molecule has 0 bridgehead atoms. The van der Waals surface area contributed by atoms with E-state index in [0.717, 1.165) is 5.65 Å². The number of nitrogens with zero attached hydrogens (tertiary/aromatic N) is 3. The van der Waals surface area contributed by atoms with Crippen molar-refractivity contribution in [3.8, 4) is 0 Å². The van der Waals surface area contributed by atoms with Crippen molar-refractivity contribution in [2.24, 2.45) is 5.92 Å². The van der Waals surface area contributed by atoms with Crippen LogP contribution in [0.1, 0.15) is 24.3 Å². The van der Waals surface area contributed by atoms with Crippen molar-refractivity contribution in [3.05, 3.63) is 36.3 Å². The van der Waals surface area contributed by atoms with Crippen LogP contribution in [0.5, 0.6) is 0 Å². The Hall–Kier alpha value is -1.88. The highest BCUT2D eigenvalue weighted by Gasteiger charge is 2.18. The van der Waals surface area contributed by atoms with Gasteiger partial charge >= 0.3 is 0 Å². The zero-order valence-electron chi connectivity index (χ0n) is 12.5. The summed E-state index contributed by atoms with van der Waals surface area (Å²) in [7, 11) is 4.06. The van der Waals surface area contributed by atoms with Gasteiger partial charge < -0.3 is 14.6 Å². The molecular weight excluding hydrogens is 252 g/mol. The van der Waals surface area contributed by atoms with E-state index in [0.29, 0.717) is 24.2 Å². The highest BCUT2D eigenvalue weighted by molar-refractivity contribution is 5.92. The van der Waals surface area contributed by atoms with Crippen LogP contribution in [0.3, 0.4) is 0 Å². The predicted molar refractivity (Wildman–Crippen MR) is 79.8 cm³/mol. The molecule has 1 atom stereocenters. The van der Waals surface area contributed by atoms with Gasteiger partial charge in [0.1, 0.15) is 11.3 Å². The van der Waals surface area contributed by atoms with Gasteiger partial charge in [-0.15, -0.1) is 0 Å². The van der Waals surface area contributed by atoms with Crippen molar-refractivity contribution in [2.45, 2.75) is 19.9 Å². The first-order valence-corrected chi connectivity index (χ1v) is 6.87. The van der Waals surface area contributed by atoms with Crippen molar-refractivity contribution in [3.63, 3.8) is 0 Å². The van der Waals surface area contributed by atoms with Crippen LogP contribution in [0.2, 0.25) is 0 Å². The van der Waals surface area contributed by atoms with Crippen LogP contribution >= 0.6 is 0 Å². The topological polar surface area (TPSA) is 49.6 Å². The number of rotatable bonds is 5. The van der Waals surface area contributed by atoms with Gasteiger partial charge in [-0.2, -0.15) is 0 Å². The van der Waals surface area contributed by atoms with E-state index in [2.05, 4.69) is 29.0 Å². The maximum Gasteiger partial charge on any atom is 0.271 e. The summed E-state index contributed by atoms with van der Waals surface area (Å²) in [5, 5.41) is 2.97. The van der Waals surface area contributed by atoms with Gasteiger partial charge in [-0.3, -0.25) is 4.79 Å². The molecule has 0 saturated carbocycles. The minimum absolute atomic E-state index is 0.124. The lowest BCUT2D eigenvalue weighted by Gasteiger charge is -2.27. The number of hydrogen-bond donors (Lipinski definition) is 1. The summed E-state index contributed by atoms with van der Waals surface area (Å²) in [5.74, 6) is 0.354. The largest absolute Gasteiger partial charge is 0.349 e. The standard InChI is InChI=1S/C15H22N4O/c1-11(2)13(18(3)4)9-16-15(20)12-10-19-8-6-5-7-14(19)17-12/h5-8,10-11,13H,9H2,1-4H3,(H,16,20)/t13-/m1/s1. The van der Waals surface area contributed by atoms with Gasteiger partial charge in [-0.1, -0.05) is 19.9 Å². The fourth-order valence-corrected chi connectivity index (χ4v) is 2.35. The second-order valence-corrected chi connectivity index (χ2v) is 5.58. The molecule has 20 heavy (non-hydrogen) atoms. The number of aromatic nitrogens is 2. The smallest absolute Gasteiger partial charge is 0.271 e. The number of hydrogen-bond acceptors (Lipinski definition) is 3. The number of pyridine rings is 1. The molecule has 2 aromatic rings. The zero-order chi connectivity index (χ0) is 14.7. The lowest BCUT2D eigenvalue weighted by molar-refractivity contribution is 0.0930. The third-order valence-corrected chi connectivity index (χ3v) is 3.50. The molecule has 0 aliphatic carbocycles. The summed E-state index contributed by atoms with van der Waals surface area (Å²) < 4.78 is 1.85. The molecule has 2 rings (SSSR count). The maximum atomic E-state index is 12.2. The Labute approximate surface area is 119 Å². The Morgan fingerprint density at radius 3 is 2.75 bits per heavy atom. The molecule has 1 N–H and O–H groups in total. The molecule has 0 unspecified atom stereocenters. The predicted octanol–water partition coefficient (Wildman–Crippen LogP) is 1.65. The Morgan fingerprint density at radius 1 is 1.40 bits per heavy atom. The molecule has 0 spiro atoms. The van der Waals surface area contributed by atoms with Gasteiger partial charge in [0.15, 0.2) is 0 Å². The van der Waals surface area contributed by atoms with Crippen LogP contribution in [0.25, 0.3) is 5.65 Å². The van der Waals surface area contributed by atoms with Crippen molar-refractivity contribution >= 4 is 11.6 Å². The van der Waals surface area contributed by atoms with Crippen LogP contribution in [-0.2, 0) is 0 Å². The average molecular weight is 274 g/mol. The number of fused-ring (bicyclic) bond motifs is 1. The summed E-state index contributed by atoms with van der Waals surface area (Å²) in [4.78, 5) is 18.6. The van der Waals surface area contributed by atoms with Crippen molar-refractivity contribution < 1.29 is 4.79 Å². The maximum absolute atomic E-state index is 12.2. The highest BCUT2D eigenvalue weighted by atomic mass is 16.1. The molecule has 5 nitrogen and oxygen atoms in total. The van der Waals surface area contributed by atoms with E-state index in [4.69, 9.17) is 0 Å². The number of imidazole rings is 1. The fraction of sp³-hybridized carbons (Fsp3) is 0.467. The van der Waals surface area contributed by atoms with Crippen molar-refractivity contribution in [1.29, 1.82) is 0 Å². The first-order chi connectivity index (χ1) is 9.49. The molecule has 0 aliphatic heterocycles. The Balaban J connectivity index is 2.04. The van der Waals surface area contributed by atoms with E-state index < -0.39 is 0 Å². The van der Waals surface area contributed by atoms with E-state index in [1.54, 1.807) is 6.20 Å². The number of carbonyl (C=O) groups excluding carboxylic acids is 1. The van der Waals surface area contributed by atoms with Crippen LogP contribution in [0, 0.1) is 5.92 Å². The fourth-order valence-electron chi connectivity index (χ4n) is 2.35. The SMILES string of the molecule is CC(C)[C@@H](CNC(=O)c1cn2ccccc2n1)N(C)C. The Morgan fingerprint density at radius 2 is 2.15 bits per heavy atom. The lowest BCUT2D eigenvalue weighted by atomic mass is 10.0. The number of amides is 1. The lowest BCUT2D eigenvalue weighted by Crippen LogP contribution is -2.43. The van der Waals surface area contributed by atoms with Gasteiger partial charge in [0.05, 0.1) is 0 Å². The van der Waals surface area contributed by atoms with E-state index >= 15 is 0 Å². The first-order valence-electron chi connectivity index (χ1n) is 6.87. The molecule has 2 heterocycles. The van der Waals surface area contributed by atoms with Gasteiger partial charge in [0.2, 0.25) is 0 Å². The molecule has 1 amide bonds. The van der Waals surface area contributed by atoms with Crippen molar-refractivity contribution in [1.82, 2.24) is 19.6 Å². The molecule has 5 heteroatoms. The third-order valence-electron chi connectivity index (χ3n) is 3.50. The minimum Gasteiger partial charge on any atom is -0.349 e. The van der Waals surface area contributed by atoms with Gasteiger partial charge in [0, 0.05) is 25.0 Å². The highest BCUT2D eigenvalue weighted by Crippen LogP contribution is 2.07. The minimum atomic E-state index is -0.124. The number of nitrogens with one attached hydrogen (secondary N) is 1. The summed E-state index contributed by atoms with van der Waals surface area (Å²) in [5.41, 5.74) is 1.24. The van der Waals surface area contributed by atoms with Crippen LogP contribution < -0.4 is 5.32 Å². The second kappa shape index (κ2) is 6.05. The van der Waals surface area contributed by atoms with Crippen molar-refractivity contribution in [2.75, 3.05) is 20.6 Å². The third kappa shape index (κ3) is 3.17.